The highest BCUT2D eigenvalue weighted by Gasteiger charge is 2.18. The Morgan fingerprint density at radius 1 is 1.41 bits per heavy atom. The Morgan fingerprint density at radius 3 is 2.59 bits per heavy atom. The van der Waals surface area contributed by atoms with Gasteiger partial charge in [0.25, 0.3) is 0 Å². The van der Waals surface area contributed by atoms with Gasteiger partial charge in [0.2, 0.25) is 5.91 Å². The largest absolute Gasteiger partial charge is 0.325 e. The normalized spacial score (nSPS) is 14.1. The summed E-state index contributed by atoms with van der Waals surface area (Å²) in [6.07, 6.45) is 5.27. The molecule has 2 unspecified atom stereocenters. The molecule has 0 fully saturated rings. The van der Waals surface area contributed by atoms with E-state index in [1.807, 2.05) is 7.05 Å². The second-order valence-electron chi connectivity index (χ2n) is 4.32. The van der Waals surface area contributed by atoms with Gasteiger partial charge in [0.1, 0.15) is 0 Å². The number of likely N-dealkylation sites (N-methyl/N-ethyl adjacent to an activating group) is 1. The lowest BCUT2D eigenvalue weighted by molar-refractivity contribution is -0.118. The van der Waals surface area contributed by atoms with Gasteiger partial charge < -0.3 is 10.6 Å². The summed E-state index contributed by atoms with van der Waals surface area (Å²) in [4.78, 5) is 15.9. The van der Waals surface area contributed by atoms with Gasteiger partial charge in [-0.15, -0.1) is 0 Å². The molecule has 0 aliphatic rings. The molecule has 0 aliphatic heterocycles. The maximum Gasteiger partial charge on any atom is 0.241 e. The monoisotopic (exact) mass is 235 g/mol. The van der Waals surface area contributed by atoms with E-state index in [9.17, 15) is 4.79 Å². The fourth-order valence-electron chi connectivity index (χ4n) is 1.59. The minimum absolute atomic E-state index is 0.0130. The molecule has 1 rings (SSSR count). The van der Waals surface area contributed by atoms with Crippen LogP contribution in [-0.2, 0) is 4.79 Å². The van der Waals surface area contributed by atoms with E-state index in [2.05, 4.69) is 29.5 Å². The van der Waals surface area contributed by atoms with E-state index >= 15 is 0 Å². The summed E-state index contributed by atoms with van der Waals surface area (Å²) in [7, 11) is 1.82. The van der Waals surface area contributed by atoms with Crippen LogP contribution in [0.5, 0.6) is 0 Å². The van der Waals surface area contributed by atoms with Crippen LogP contribution in [-0.4, -0.2) is 24.0 Å². The topological polar surface area (TPSA) is 54.0 Å². The van der Waals surface area contributed by atoms with Gasteiger partial charge in [-0.1, -0.05) is 20.3 Å². The van der Waals surface area contributed by atoms with Crippen molar-refractivity contribution in [1.82, 2.24) is 10.3 Å². The van der Waals surface area contributed by atoms with Crippen LogP contribution in [0, 0.1) is 5.92 Å². The van der Waals surface area contributed by atoms with E-state index < -0.39 is 0 Å². The number of hydrogen-bond acceptors (Lipinski definition) is 3. The third-order valence-corrected chi connectivity index (χ3v) is 2.95. The molecule has 0 spiro atoms. The molecule has 0 aliphatic carbocycles. The van der Waals surface area contributed by atoms with Crippen LogP contribution < -0.4 is 10.6 Å². The van der Waals surface area contributed by atoms with E-state index in [4.69, 9.17) is 0 Å². The number of pyridine rings is 1. The number of nitrogens with zero attached hydrogens (tertiary/aromatic N) is 1. The molecule has 1 aromatic heterocycles. The first kappa shape index (κ1) is 13.6. The Bertz CT molecular complexity index is 340. The van der Waals surface area contributed by atoms with E-state index in [1.54, 1.807) is 24.5 Å². The number of aromatic nitrogens is 1. The first-order valence-corrected chi connectivity index (χ1v) is 6.05. The highest BCUT2D eigenvalue weighted by atomic mass is 16.2. The second-order valence-corrected chi connectivity index (χ2v) is 4.32. The van der Waals surface area contributed by atoms with E-state index in [1.165, 1.54) is 0 Å². The summed E-state index contributed by atoms with van der Waals surface area (Å²) in [6.45, 7) is 4.29. The number of amides is 1. The van der Waals surface area contributed by atoms with Crippen LogP contribution in [0.25, 0.3) is 0 Å². The fourth-order valence-corrected chi connectivity index (χ4v) is 1.59. The molecule has 4 nitrogen and oxygen atoms in total. The number of carbonyl (C=O) groups is 1. The molecular formula is C13H21N3O. The lowest BCUT2D eigenvalue weighted by Gasteiger charge is -2.19. The first-order chi connectivity index (χ1) is 8.17. The van der Waals surface area contributed by atoms with Crippen molar-refractivity contribution in [3.05, 3.63) is 24.5 Å². The molecule has 2 N–H and O–H groups in total. The molecule has 0 bridgehead atoms. The number of rotatable bonds is 6. The molecule has 0 radical (unpaired) electrons. The van der Waals surface area contributed by atoms with Gasteiger partial charge in [0, 0.05) is 18.1 Å². The number of hydrogen-bond donors (Lipinski definition) is 2. The molecule has 0 saturated heterocycles. The Labute approximate surface area is 103 Å². The third kappa shape index (κ3) is 4.53. The average Bonchev–Trinajstić information content (AvgIpc) is 2.36. The van der Waals surface area contributed by atoms with Crippen molar-refractivity contribution in [1.29, 1.82) is 0 Å². The average molecular weight is 235 g/mol. The fraction of sp³-hybridized carbons (Fsp3) is 0.538. The van der Waals surface area contributed by atoms with Crippen LogP contribution in [0.1, 0.15) is 26.7 Å². The van der Waals surface area contributed by atoms with Crippen molar-refractivity contribution in [2.45, 2.75) is 32.7 Å². The molecule has 0 saturated carbocycles. The lowest BCUT2D eigenvalue weighted by Crippen LogP contribution is -2.39. The van der Waals surface area contributed by atoms with Crippen molar-refractivity contribution in [3.63, 3.8) is 0 Å². The van der Waals surface area contributed by atoms with Gasteiger partial charge >= 0.3 is 0 Å². The quantitative estimate of drug-likeness (QED) is 0.793. The predicted molar refractivity (Wildman–Crippen MR) is 69.8 cm³/mol. The van der Waals surface area contributed by atoms with Gasteiger partial charge in [-0.25, -0.2) is 0 Å². The van der Waals surface area contributed by atoms with Gasteiger partial charge in [0.05, 0.1) is 6.04 Å². The van der Waals surface area contributed by atoms with Gasteiger partial charge in [0.15, 0.2) is 0 Å². The SMILES string of the molecule is CCC(C)CC(NC)C(=O)Nc1ccncc1. The molecule has 1 amide bonds. The molecule has 1 heterocycles. The van der Waals surface area contributed by atoms with Crippen LogP contribution in [0.15, 0.2) is 24.5 Å². The van der Waals surface area contributed by atoms with Gasteiger partial charge in [-0.3, -0.25) is 9.78 Å². The van der Waals surface area contributed by atoms with Crippen molar-refractivity contribution >= 4 is 11.6 Å². The Kier molecular flexibility index (Phi) is 5.63. The predicted octanol–water partition coefficient (Wildman–Crippen LogP) is 2.04. The summed E-state index contributed by atoms with van der Waals surface area (Å²) < 4.78 is 0. The maximum absolute atomic E-state index is 12.0. The minimum Gasteiger partial charge on any atom is -0.325 e. The summed E-state index contributed by atoms with van der Waals surface area (Å²) in [5, 5.41) is 5.94. The molecule has 1 aromatic rings. The summed E-state index contributed by atoms with van der Waals surface area (Å²) in [5.74, 6) is 0.551. The van der Waals surface area contributed by atoms with E-state index in [-0.39, 0.29) is 11.9 Å². The highest BCUT2D eigenvalue weighted by molar-refractivity contribution is 5.94. The molecule has 17 heavy (non-hydrogen) atoms. The minimum atomic E-state index is -0.141. The molecule has 94 valence electrons. The van der Waals surface area contributed by atoms with Crippen molar-refractivity contribution in [3.8, 4) is 0 Å². The first-order valence-electron chi connectivity index (χ1n) is 6.05. The number of carbonyl (C=O) groups excluding carboxylic acids is 1. The second kappa shape index (κ2) is 7.01. The molecule has 2 atom stereocenters. The standard InChI is InChI=1S/C13H21N3O/c1-4-10(2)9-12(14-3)13(17)16-11-5-7-15-8-6-11/h5-8,10,12,14H,4,9H2,1-3H3,(H,15,16,17). The summed E-state index contributed by atoms with van der Waals surface area (Å²) >= 11 is 0. The summed E-state index contributed by atoms with van der Waals surface area (Å²) in [5.41, 5.74) is 0.786. The number of nitrogens with one attached hydrogen (secondary N) is 2. The van der Waals surface area contributed by atoms with Gasteiger partial charge in [-0.05, 0) is 31.5 Å². The molecule has 0 aromatic carbocycles. The Balaban J connectivity index is 2.55. The van der Waals surface area contributed by atoms with E-state index in [0.717, 1.165) is 18.5 Å². The Hall–Kier alpha value is -1.42. The van der Waals surface area contributed by atoms with Crippen molar-refractivity contribution in [2.24, 2.45) is 5.92 Å². The smallest absolute Gasteiger partial charge is 0.241 e. The third-order valence-electron chi connectivity index (χ3n) is 2.95. The van der Waals surface area contributed by atoms with Crippen LogP contribution in [0.2, 0.25) is 0 Å². The number of anilines is 1. The zero-order chi connectivity index (χ0) is 12.7. The molecule has 4 heteroatoms. The van der Waals surface area contributed by atoms with Crippen LogP contribution >= 0.6 is 0 Å². The van der Waals surface area contributed by atoms with Crippen LogP contribution in [0.4, 0.5) is 5.69 Å². The van der Waals surface area contributed by atoms with E-state index in [0.29, 0.717) is 5.92 Å². The van der Waals surface area contributed by atoms with Crippen LogP contribution in [0.3, 0.4) is 0 Å². The van der Waals surface area contributed by atoms with Crippen molar-refractivity contribution in [2.75, 3.05) is 12.4 Å². The lowest BCUT2D eigenvalue weighted by atomic mass is 9.99. The zero-order valence-corrected chi connectivity index (χ0v) is 10.7. The Morgan fingerprint density at radius 2 is 2.06 bits per heavy atom. The molecular weight excluding hydrogens is 214 g/mol. The maximum atomic E-state index is 12.0. The summed E-state index contributed by atoms with van der Waals surface area (Å²) in [6, 6.07) is 3.43. The highest BCUT2D eigenvalue weighted by Crippen LogP contribution is 2.12. The van der Waals surface area contributed by atoms with Crippen molar-refractivity contribution < 1.29 is 4.79 Å². The zero-order valence-electron chi connectivity index (χ0n) is 10.7. The van der Waals surface area contributed by atoms with Gasteiger partial charge in [-0.2, -0.15) is 0 Å².